The Bertz CT molecular complexity index is 309. The third-order valence-corrected chi connectivity index (χ3v) is 4.27. The minimum absolute atomic E-state index is 0.248. The molecule has 0 aliphatic rings. The summed E-state index contributed by atoms with van der Waals surface area (Å²) < 4.78 is 0. The van der Waals surface area contributed by atoms with Gasteiger partial charge >= 0.3 is 0 Å². The minimum Gasteiger partial charge on any atom is -0.395 e. The number of hydrogen-bond donors (Lipinski definition) is 1. The Morgan fingerprint density at radius 2 is 2.12 bits per heavy atom. The Balaban J connectivity index is 2.46. The lowest BCUT2D eigenvalue weighted by molar-refractivity contribution is 0.114. The van der Waals surface area contributed by atoms with Crippen molar-refractivity contribution >= 4 is 11.3 Å². The molecule has 0 amide bonds. The van der Waals surface area contributed by atoms with Crippen LogP contribution in [0.15, 0.2) is 11.4 Å². The molecule has 0 saturated carbocycles. The molecule has 0 fully saturated rings. The van der Waals surface area contributed by atoms with E-state index in [2.05, 4.69) is 44.2 Å². The van der Waals surface area contributed by atoms with Gasteiger partial charge in [0.05, 0.1) is 6.61 Å². The van der Waals surface area contributed by atoms with E-state index in [0.29, 0.717) is 5.92 Å². The molecule has 1 unspecified atom stereocenters. The Hall–Kier alpha value is -0.380. The first-order chi connectivity index (χ1) is 7.56. The van der Waals surface area contributed by atoms with Crippen molar-refractivity contribution in [3.63, 3.8) is 0 Å². The molecule has 16 heavy (non-hydrogen) atoms. The fourth-order valence-corrected chi connectivity index (χ4v) is 2.86. The first-order valence-electron chi connectivity index (χ1n) is 5.90. The van der Waals surface area contributed by atoms with Crippen LogP contribution < -0.4 is 0 Å². The number of rotatable bonds is 6. The van der Waals surface area contributed by atoms with E-state index in [1.54, 1.807) is 0 Å². The van der Waals surface area contributed by atoms with E-state index < -0.39 is 0 Å². The van der Waals surface area contributed by atoms with Crippen molar-refractivity contribution in [3.05, 3.63) is 21.9 Å². The van der Waals surface area contributed by atoms with Gasteiger partial charge in [-0.2, -0.15) is 0 Å². The molecular formula is C13H23NOS. The van der Waals surface area contributed by atoms with Crippen molar-refractivity contribution in [3.8, 4) is 0 Å². The number of aliphatic hydroxyl groups is 1. The van der Waals surface area contributed by atoms with Gasteiger partial charge in [0.25, 0.3) is 0 Å². The van der Waals surface area contributed by atoms with Gasteiger partial charge in [0.1, 0.15) is 0 Å². The summed E-state index contributed by atoms with van der Waals surface area (Å²) in [6.45, 7) is 7.75. The molecule has 2 nitrogen and oxygen atoms in total. The van der Waals surface area contributed by atoms with Crippen molar-refractivity contribution < 1.29 is 5.11 Å². The molecule has 0 aliphatic heterocycles. The molecule has 0 spiro atoms. The van der Waals surface area contributed by atoms with Gasteiger partial charge in [-0.3, -0.25) is 0 Å². The minimum atomic E-state index is 0.248. The predicted octanol–water partition coefficient (Wildman–Crippen LogP) is 2.55. The molecule has 1 atom stereocenters. The van der Waals surface area contributed by atoms with Gasteiger partial charge in [-0.25, -0.2) is 0 Å². The molecule has 1 rings (SSSR count). The van der Waals surface area contributed by atoms with E-state index in [1.165, 1.54) is 10.4 Å². The molecule has 1 aromatic heterocycles. The monoisotopic (exact) mass is 241 g/mol. The second-order valence-corrected chi connectivity index (χ2v) is 5.75. The normalized spacial score (nSPS) is 13.7. The Morgan fingerprint density at radius 1 is 1.44 bits per heavy atom. The van der Waals surface area contributed by atoms with Gasteiger partial charge in [-0.05, 0) is 43.3 Å². The third-order valence-electron chi connectivity index (χ3n) is 3.18. The molecule has 0 radical (unpaired) electrons. The third kappa shape index (κ3) is 3.58. The summed E-state index contributed by atoms with van der Waals surface area (Å²) in [5.41, 5.74) is 1.39. The summed E-state index contributed by atoms with van der Waals surface area (Å²) in [5.74, 6) is 0.499. The highest BCUT2D eigenvalue weighted by Gasteiger charge is 2.17. The van der Waals surface area contributed by atoms with Crippen molar-refractivity contribution in [1.82, 2.24) is 4.90 Å². The quantitative estimate of drug-likeness (QED) is 0.827. The van der Waals surface area contributed by atoms with E-state index in [0.717, 1.165) is 13.0 Å². The molecule has 3 heteroatoms. The van der Waals surface area contributed by atoms with Crippen LogP contribution in [0.1, 0.15) is 24.3 Å². The number of aryl methyl sites for hydroxylation is 1. The fourth-order valence-electron chi connectivity index (χ4n) is 1.96. The zero-order valence-corrected chi connectivity index (χ0v) is 11.5. The van der Waals surface area contributed by atoms with Crippen LogP contribution in [0, 0.1) is 12.8 Å². The summed E-state index contributed by atoms with van der Waals surface area (Å²) in [6, 6.07) is 2.45. The van der Waals surface area contributed by atoms with Gasteiger partial charge in [0.15, 0.2) is 0 Å². The van der Waals surface area contributed by atoms with Crippen LogP contribution in [0.5, 0.6) is 0 Å². The van der Waals surface area contributed by atoms with E-state index >= 15 is 0 Å². The second-order valence-electron chi connectivity index (χ2n) is 4.75. The maximum Gasteiger partial charge on any atom is 0.0589 e. The Kier molecular flexibility index (Phi) is 5.46. The smallest absolute Gasteiger partial charge is 0.0589 e. The highest BCUT2D eigenvalue weighted by molar-refractivity contribution is 7.10. The predicted molar refractivity (Wildman–Crippen MR) is 71.1 cm³/mol. The van der Waals surface area contributed by atoms with Gasteiger partial charge in [-0.1, -0.05) is 13.8 Å². The zero-order valence-electron chi connectivity index (χ0n) is 10.7. The lowest BCUT2D eigenvalue weighted by Crippen LogP contribution is -2.39. The molecule has 0 saturated heterocycles. The van der Waals surface area contributed by atoms with E-state index in [4.69, 9.17) is 0 Å². The average molecular weight is 241 g/mol. The van der Waals surface area contributed by atoms with E-state index in [9.17, 15) is 5.11 Å². The van der Waals surface area contributed by atoms with Crippen molar-refractivity contribution in [2.45, 2.75) is 33.2 Å². The molecular weight excluding hydrogens is 218 g/mol. The highest BCUT2D eigenvalue weighted by atomic mass is 32.1. The molecule has 0 aliphatic carbocycles. The number of nitrogens with zero attached hydrogens (tertiary/aromatic N) is 1. The molecule has 1 aromatic rings. The van der Waals surface area contributed by atoms with Crippen molar-refractivity contribution in [2.24, 2.45) is 5.92 Å². The van der Waals surface area contributed by atoms with Crippen LogP contribution in [-0.2, 0) is 6.42 Å². The Morgan fingerprint density at radius 3 is 2.56 bits per heavy atom. The second kappa shape index (κ2) is 6.38. The van der Waals surface area contributed by atoms with Crippen molar-refractivity contribution in [1.29, 1.82) is 0 Å². The summed E-state index contributed by atoms with van der Waals surface area (Å²) in [7, 11) is 2.10. The summed E-state index contributed by atoms with van der Waals surface area (Å²) in [5, 5.41) is 11.5. The number of hydrogen-bond acceptors (Lipinski definition) is 3. The number of likely N-dealkylation sites (N-methyl/N-ethyl adjacent to an activating group) is 1. The van der Waals surface area contributed by atoms with Gasteiger partial charge in [0, 0.05) is 17.5 Å². The van der Waals surface area contributed by atoms with Crippen LogP contribution >= 0.6 is 11.3 Å². The van der Waals surface area contributed by atoms with Crippen LogP contribution in [-0.4, -0.2) is 36.2 Å². The molecule has 1 heterocycles. The standard InChI is InChI=1S/C13H23NOS/c1-10(2)12(9-15)14(4)7-5-13-11(3)6-8-16-13/h6,8,10,12,15H,5,7,9H2,1-4H3. The number of thiophene rings is 1. The van der Waals surface area contributed by atoms with Gasteiger partial charge in [0.2, 0.25) is 0 Å². The maximum atomic E-state index is 9.34. The van der Waals surface area contributed by atoms with Gasteiger partial charge in [-0.15, -0.1) is 11.3 Å². The van der Waals surface area contributed by atoms with Crippen LogP contribution in [0.2, 0.25) is 0 Å². The van der Waals surface area contributed by atoms with E-state index in [1.807, 2.05) is 11.3 Å². The van der Waals surface area contributed by atoms with Crippen LogP contribution in [0.3, 0.4) is 0 Å². The lowest BCUT2D eigenvalue weighted by Gasteiger charge is -2.29. The largest absolute Gasteiger partial charge is 0.395 e. The topological polar surface area (TPSA) is 23.5 Å². The van der Waals surface area contributed by atoms with Gasteiger partial charge < -0.3 is 10.0 Å². The summed E-state index contributed by atoms with van der Waals surface area (Å²) in [4.78, 5) is 3.73. The SMILES string of the molecule is Cc1ccsc1CCN(C)C(CO)C(C)C. The zero-order chi connectivity index (χ0) is 12.1. The molecule has 92 valence electrons. The van der Waals surface area contributed by atoms with Crippen molar-refractivity contribution in [2.75, 3.05) is 20.2 Å². The number of aliphatic hydroxyl groups excluding tert-OH is 1. The first kappa shape index (κ1) is 13.7. The fraction of sp³-hybridized carbons (Fsp3) is 0.692. The Labute approximate surface area is 103 Å². The highest BCUT2D eigenvalue weighted by Crippen LogP contribution is 2.17. The molecule has 0 aromatic carbocycles. The molecule has 0 bridgehead atoms. The average Bonchev–Trinajstić information content (AvgIpc) is 2.61. The summed E-state index contributed by atoms with van der Waals surface area (Å²) >= 11 is 1.83. The first-order valence-corrected chi connectivity index (χ1v) is 6.78. The lowest BCUT2D eigenvalue weighted by atomic mass is 10.0. The maximum absolute atomic E-state index is 9.34. The van der Waals surface area contributed by atoms with E-state index in [-0.39, 0.29) is 12.6 Å². The van der Waals surface area contributed by atoms with Crippen LogP contribution in [0.25, 0.3) is 0 Å². The summed E-state index contributed by atoms with van der Waals surface area (Å²) in [6.07, 6.45) is 1.09. The van der Waals surface area contributed by atoms with Crippen LogP contribution in [0.4, 0.5) is 0 Å². The molecule has 1 N–H and O–H groups in total.